The number of allylic oxidation sites excluding steroid dienone is 2. The summed E-state index contributed by atoms with van der Waals surface area (Å²) < 4.78 is 5.72. The van der Waals surface area contributed by atoms with Crippen molar-refractivity contribution in [3.8, 4) is 0 Å². The van der Waals surface area contributed by atoms with Gasteiger partial charge in [-0.05, 0) is 55.6 Å². The number of hydrogen-bond donors (Lipinski definition) is 3. The van der Waals surface area contributed by atoms with E-state index in [1.54, 1.807) is 39.0 Å². The Kier molecular flexibility index (Phi) is 5.92. The molecule has 31 heavy (non-hydrogen) atoms. The van der Waals surface area contributed by atoms with Crippen molar-refractivity contribution in [3.63, 3.8) is 0 Å². The van der Waals surface area contributed by atoms with E-state index in [-0.39, 0.29) is 23.2 Å². The van der Waals surface area contributed by atoms with E-state index in [4.69, 9.17) is 4.74 Å². The number of hydrogen-bond acceptors (Lipinski definition) is 6. The summed E-state index contributed by atoms with van der Waals surface area (Å²) in [6, 6.07) is 0. The second-order valence-corrected chi connectivity index (χ2v) is 10.3. The van der Waals surface area contributed by atoms with Gasteiger partial charge in [-0.3, -0.25) is 4.79 Å². The third kappa shape index (κ3) is 3.02. The smallest absolute Gasteiger partial charge is 0.334 e. The molecule has 0 saturated heterocycles. The van der Waals surface area contributed by atoms with Gasteiger partial charge in [0.1, 0.15) is 6.10 Å². The maximum Gasteiger partial charge on any atom is 0.334 e. The molecule has 0 aromatic rings. The van der Waals surface area contributed by atoms with E-state index in [1.165, 1.54) is 0 Å². The van der Waals surface area contributed by atoms with Gasteiger partial charge in [0.25, 0.3) is 0 Å². The zero-order valence-electron chi connectivity index (χ0n) is 19.6. The SMILES string of the molecule is C/C=C(/C)C(=O)O[C@H]1C(C)=C[C@]23C(=O)[C@@H](C=C(CO)[C@@H](O)[C@]12O)C(C)(C)[C@@H](C)C[C@H]3C. The van der Waals surface area contributed by atoms with Crippen LogP contribution < -0.4 is 0 Å². The van der Waals surface area contributed by atoms with Crippen LogP contribution in [0, 0.1) is 28.6 Å². The van der Waals surface area contributed by atoms with Gasteiger partial charge in [0.2, 0.25) is 0 Å². The first kappa shape index (κ1) is 23.9. The number of Topliss-reactive ketones (excluding diaryl/α,β-unsaturated/α-hetero) is 1. The Bertz CT molecular complexity index is 880. The lowest BCUT2D eigenvalue weighted by Crippen LogP contribution is -2.65. The molecule has 0 heterocycles. The number of esters is 1. The molecule has 0 aliphatic heterocycles. The Balaban J connectivity index is 2.30. The minimum Gasteiger partial charge on any atom is -0.451 e. The highest BCUT2D eigenvalue weighted by Crippen LogP contribution is 2.62. The van der Waals surface area contributed by atoms with E-state index in [0.29, 0.717) is 17.6 Å². The first-order valence-corrected chi connectivity index (χ1v) is 11.1. The third-order valence-electron chi connectivity index (χ3n) is 8.49. The summed E-state index contributed by atoms with van der Waals surface area (Å²) in [5.41, 5.74) is -2.91. The number of carbonyl (C=O) groups is 2. The monoisotopic (exact) mass is 432 g/mol. The molecule has 6 heteroatoms. The Morgan fingerprint density at radius 2 is 1.90 bits per heavy atom. The molecular formula is C25H36O6. The average molecular weight is 433 g/mol. The quantitative estimate of drug-likeness (QED) is 0.360. The fourth-order valence-corrected chi connectivity index (χ4v) is 5.97. The second kappa shape index (κ2) is 7.68. The van der Waals surface area contributed by atoms with Crippen molar-refractivity contribution in [1.29, 1.82) is 0 Å². The number of fused-ring (bicyclic) bond motifs is 1. The number of aliphatic hydroxyl groups is 3. The number of ketones is 1. The van der Waals surface area contributed by atoms with Gasteiger partial charge < -0.3 is 20.1 Å². The molecule has 3 aliphatic rings. The minimum atomic E-state index is -2.11. The first-order chi connectivity index (χ1) is 14.3. The first-order valence-electron chi connectivity index (χ1n) is 11.1. The van der Waals surface area contributed by atoms with Crippen molar-refractivity contribution in [2.45, 2.75) is 72.7 Å². The topological polar surface area (TPSA) is 104 Å². The maximum atomic E-state index is 14.2. The lowest BCUT2D eigenvalue weighted by Gasteiger charge is -2.48. The molecule has 1 fully saturated rings. The predicted octanol–water partition coefficient (Wildman–Crippen LogP) is 2.72. The predicted molar refractivity (Wildman–Crippen MR) is 117 cm³/mol. The maximum absolute atomic E-state index is 14.2. The van der Waals surface area contributed by atoms with Gasteiger partial charge in [-0.1, -0.05) is 45.9 Å². The summed E-state index contributed by atoms with van der Waals surface area (Å²) in [5.74, 6) is -1.58. The van der Waals surface area contributed by atoms with Crippen LogP contribution in [0.1, 0.15) is 54.9 Å². The van der Waals surface area contributed by atoms with Crippen LogP contribution in [0.25, 0.3) is 0 Å². The van der Waals surface area contributed by atoms with Gasteiger partial charge in [-0.2, -0.15) is 0 Å². The van der Waals surface area contributed by atoms with Crippen molar-refractivity contribution < 1.29 is 29.6 Å². The molecule has 0 aromatic carbocycles. The van der Waals surface area contributed by atoms with Crippen LogP contribution in [0.3, 0.4) is 0 Å². The summed E-state index contributed by atoms with van der Waals surface area (Å²) >= 11 is 0. The normalized spacial score (nSPS) is 42.2. The molecule has 0 amide bonds. The van der Waals surface area contributed by atoms with Gasteiger partial charge in [-0.15, -0.1) is 0 Å². The molecule has 0 aromatic heterocycles. The van der Waals surface area contributed by atoms with E-state index >= 15 is 0 Å². The van der Waals surface area contributed by atoms with Crippen molar-refractivity contribution in [2.24, 2.45) is 28.6 Å². The van der Waals surface area contributed by atoms with Gasteiger partial charge >= 0.3 is 5.97 Å². The molecule has 3 aliphatic carbocycles. The summed E-state index contributed by atoms with van der Waals surface area (Å²) in [4.78, 5) is 26.8. The van der Waals surface area contributed by atoms with Crippen LogP contribution in [-0.2, 0) is 14.3 Å². The van der Waals surface area contributed by atoms with Crippen molar-refractivity contribution in [3.05, 3.63) is 34.9 Å². The van der Waals surface area contributed by atoms with Gasteiger partial charge in [-0.25, -0.2) is 4.79 Å². The Morgan fingerprint density at radius 1 is 1.29 bits per heavy atom. The summed E-state index contributed by atoms with van der Waals surface area (Å²) in [6.07, 6.45) is 2.86. The molecule has 0 radical (unpaired) electrons. The van der Waals surface area contributed by atoms with E-state index in [2.05, 4.69) is 6.92 Å². The highest BCUT2D eigenvalue weighted by molar-refractivity contribution is 5.95. The Morgan fingerprint density at radius 3 is 2.45 bits per heavy atom. The summed E-state index contributed by atoms with van der Waals surface area (Å²) in [6.45, 7) is 12.6. The molecular weight excluding hydrogens is 396 g/mol. The molecule has 3 rings (SSSR count). The van der Waals surface area contributed by atoms with Crippen LogP contribution in [0.4, 0.5) is 0 Å². The number of carbonyl (C=O) groups excluding carboxylic acids is 2. The largest absolute Gasteiger partial charge is 0.451 e. The summed E-state index contributed by atoms with van der Waals surface area (Å²) in [5, 5.41) is 33.7. The molecule has 2 bridgehead atoms. The van der Waals surface area contributed by atoms with E-state index < -0.39 is 47.1 Å². The number of ether oxygens (including phenoxy) is 1. The lowest BCUT2D eigenvalue weighted by atomic mass is 9.59. The van der Waals surface area contributed by atoms with E-state index in [1.807, 2.05) is 20.8 Å². The molecule has 3 N–H and O–H groups in total. The fraction of sp³-hybridized carbons (Fsp3) is 0.680. The number of rotatable bonds is 3. The number of aliphatic hydroxyl groups excluding tert-OH is 2. The van der Waals surface area contributed by atoms with Gasteiger partial charge in [0.15, 0.2) is 17.5 Å². The van der Waals surface area contributed by atoms with Crippen molar-refractivity contribution in [2.75, 3.05) is 6.61 Å². The van der Waals surface area contributed by atoms with Crippen LogP contribution in [0.5, 0.6) is 0 Å². The van der Waals surface area contributed by atoms with Crippen molar-refractivity contribution >= 4 is 11.8 Å². The zero-order chi connectivity index (χ0) is 23.5. The Hall–Kier alpha value is -1.76. The third-order valence-corrected chi connectivity index (χ3v) is 8.49. The minimum absolute atomic E-state index is 0.145. The van der Waals surface area contributed by atoms with E-state index in [9.17, 15) is 24.9 Å². The molecule has 6 nitrogen and oxygen atoms in total. The van der Waals surface area contributed by atoms with Gasteiger partial charge in [0, 0.05) is 11.5 Å². The van der Waals surface area contributed by atoms with Crippen LogP contribution in [0.2, 0.25) is 0 Å². The van der Waals surface area contributed by atoms with Gasteiger partial charge in [0.05, 0.1) is 12.0 Å². The molecule has 1 saturated carbocycles. The lowest BCUT2D eigenvalue weighted by molar-refractivity contribution is -0.201. The van der Waals surface area contributed by atoms with Crippen LogP contribution in [-0.4, -0.2) is 51.5 Å². The van der Waals surface area contributed by atoms with E-state index in [0.717, 1.165) is 0 Å². The summed E-state index contributed by atoms with van der Waals surface area (Å²) in [7, 11) is 0. The highest BCUT2D eigenvalue weighted by atomic mass is 16.6. The average Bonchev–Trinajstić information content (AvgIpc) is 2.88. The van der Waals surface area contributed by atoms with Crippen LogP contribution >= 0.6 is 0 Å². The highest BCUT2D eigenvalue weighted by Gasteiger charge is 2.73. The molecule has 7 atom stereocenters. The molecule has 172 valence electrons. The molecule has 1 spiro atoms. The Labute approximate surface area is 184 Å². The second-order valence-electron chi connectivity index (χ2n) is 10.3. The fourth-order valence-electron chi connectivity index (χ4n) is 5.97. The zero-order valence-corrected chi connectivity index (χ0v) is 19.6. The van der Waals surface area contributed by atoms with Crippen molar-refractivity contribution in [1.82, 2.24) is 0 Å². The molecule has 0 unspecified atom stereocenters. The van der Waals surface area contributed by atoms with Crippen LogP contribution in [0.15, 0.2) is 34.9 Å². The standard InChI is InChI=1S/C25H36O6/c1-8-13(2)22(29)31-21-14(3)11-24-16(5)9-15(4)23(6,7)18(20(24)28)10-17(12-26)19(27)25(21,24)30/h8,10-11,15-16,18-19,21,26-27,30H,9,12H2,1-7H3/b13-8-/t15-,16+,18+,19+,21-,24-,25-/m0/s1.